The monoisotopic (exact) mass is 403 g/mol. The van der Waals surface area contributed by atoms with E-state index in [2.05, 4.69) is 16.4 Å². The second-order valence-electron chi connectivity index (χ2n) is 7.56. The van der Waals surface area contributed by atoms with E-state index in [1.807, 2.05) is 19.1 Å². The number of carbonyl (C=O) groups is 3. The molecular weight excluding hydrogens is 382 g/mol. The Morgan fingerprint density at radius 3 is 2.80 bits per heavy atom. The normalized spacial score (nSPS) is 18.2. The molecule has 3 N–H and O–H groups in total. The van der Waals surface area contributed by atoms with E-state index in [1.165, 1.54) is 4.90 Å². The molecule has 0 radical (unpaired) electrons. The maximum Gasteiger partial charge on any atom is 0.255 e. The number of aromatic nitrogens is 1. The number of nitrogens with one attached hydrogen (secondary N) is 1. The molecule has 8 nitrogen and oxygen atoms in total. The largest absolute Gasteiger partial charge is 0.383 e. The van der Waals surface area contributed by atoms with Gasteiger partial charge in [0.15, 0.2) is 0 Å². The van der Waals surface area contributed by atoms with Gasteiger partial charge in [-0.2, -0.15) is 5.26 Å². The van der Waals surface area contributed by atoms with Crippen LogP contribution in [0.4, 0.5) is 5.82 Å². The molecular formula is C22H21N5O3. The number of nitrogen functional groups attached to an aromatic ring is 1. The molecule has 8 heteroatoms. The zero-order chi connectivity index (χ0) is 21.4. The first-order chi connectivity index (χ1) is 14.4. The number of pyridine rings is 1. The third-order valence-corrected chi connectivity index (χ3v) is 5.58. The molecule has 1 aromatic carbocycles. The number of hydrogen-bond acceptors (Lipinski definition) is 6. The van der Waals surface area contributed by atoms with Crippen molar-refractivity contribution in [2.45, 2.75) is 45.2 Å². The molecule has 4 rings (SSSR count). The number of aryl methyl sites for hydroxylation is 1. The van der Waals surface area contributed by atoms with Crippen LogP contribution < -0.4 is 11.1 Å². The van der Waals surface area contributed by atoms with Gasteiger partial charge < -0.3 is 10.6 Å². The topological polar surface area (TPSA) is 129 Å². The van der Waals surface area contributed by atoms with Crippen LogP contribution in [0.5, 0.6) is 0 Å². The van der Waals surface area contributed by atoms with Crippen LogP contribution in [0.1, 0.15) is 53.2 Å². The SMILES string of the molecule is CCCc1cc(-c2ccc3c(c2)CN(C2CCC(=O)NC2=O)C3=O)nc(N)c1C#N. The minimum atomic E-state index is -0.647. The number of carbonyl (C=O) groups excluding carboxylic acids is 3. The summed E-state index contributed by atoms with van der Waals surface area (Å²) in [5, 5.41) is 11.7. The van der Waals surface area contributed by atoms with Crippen molar-refractivity contribution < 1.29 is 14.4 Å². The van der Waals surface area contributed by atoms with Gasteiger partial charge in [0.25, 0.3) is 5.91 Å². The number of hydrogen-bond donors (Lipinski definition) is 2. The van der Waals surface area contributed by atoms with Crippen LogP contribution in [-0.2, 0) is 22.6 Å². The van der Waals surface area contributed by atoms with Gasteiger partial charge in [-0.05, 0) is 42.2 Å². The predicted octanol–water partition coefficient (Wildman–Crippen LogP) is 1.92. The van der Waals surface area contributed by atoms with Gasteiger partial charge in [0.05, 0.1) is 11.3 Å². The van der Waals surface area contributed by atoms with E-state index in [1.54, 1.807) is 12.1 Å². The fourth-order valence-electron chi connectivity index (χ4n) is 4.10. The van der Waals surface area contributed by atoms with Crippen molar-refractivity contribution in [1.82, 2.24) is 15.2 Å². The van der Waals surface area contributed by atoms with Crippen LogP contribution in [0.25, 0.3) is 11.3 Å². The molecule has 1 aromatic heterocycles. The summed E-state index contributed by atoms with van der Waals surface area (Å²) in [6, 6.07) is 8.75. The maximum atomic E-state index is 12.8. The van der Waals surface area contributed by atoms with Gasteiger partial charge >= 0.3 is 0 Å². The highest BCUT2D eigenvalue weighted by Crippen LogP contribution is 2.32. The molecule has 2 aromatic rings. The quantitative estimate of drug-likeness (QED) is 0.750. The number of nitrogens with zero attached hydrogens (tertiary/aromatic N) is 3. The first kappa shape index (κ1) is 19.6. The molecule has 2 aliphatic heterocycles. The Bertz CT molecular complexity index is 1120. The summed E-state index contributed by atoms with van der Waals surface area (Å²) in [4.78, 5) is 42.3. The van der Waals surface area contributed by atoms with Gasteiger partial charge in [-0.25, -0.2) is 4.98 Å². The van der Waals surface area contributed by atoms with Crippen LogP contribution in [0.3, 0.4) is 0 Å². The Morgan fingerprint density at radius 2 is 2.10 bits per heavy atom. The van der Waals surface area contributed by atoms with Crippen LogP contribution in [-0.4, -0.2) is 33.6 Å². The molecule has 1 atom stereocenters. The highest BCUT2D eigenvalue weighted by Gasteiger charge is 2.39. The Kier molecular flexibility index (Phi) is 4.96. The maximum absolute atomic E-state index is 12.8. The van der Waals surface area contributed by atoms with Gasteiger partial charge in [-0.15, -0.1) is 0 Å². The number of nitrogens with two attached hydrogens (primary N) is 1. The number of anilines is 1. The zero-order valence-electron chi connectivity index (χ0n) is 16.6. The number of piperidine rings is 1. The third kappa shape index (κ3) is 3.28. The second-order valence-corrected chi connectivity index (χ2v) is 7.56. The fraction of sp³-hybridized carbons (Fsp3) is 0.318. The average Bonchev–Trinajstić information content (AvgIpc) is 3.04. The summed E-state index contributed by atoms with van der Waals surface area (Å²) < 4.78 is 0. The van der Waals surface area contributed by atoms with Gasteiger partial charge in [0.1, 0.15) is 17.9 Å². The van der Waals surface area contributed by atoms with Crippen molar-refractivity contribution in [3.8, 4) is 17.3 Å². The molecule has 0 bridgehead atoms. The Morgan fingerprint density at radius 1 is 1.30 bits per heavy atom. The molecule has 1 fully saturated rings. The van der Waals surface area contributed by atoms with E-state index in [9.17, 15) is 19.6 Å². The number of fused-ring (bicyclic) bond motifs is 1. The molecule has 1 saturated heterocycles. The first-order valence-electron chi connectivity index (χ1n) is 9.90. The molecule has 3 heterocycles. The smallest absolute Gasteiger partial charge is 0.255 e. The van der Waals surface area contributed by atoms with E-state index < -0.39 is 11.9 Å². The Hall–Kier alpha value is -3.73. The van der Waals surface area contributed by atoms with Crippen LogP contribution >= 0.6 is 0 Å². The lowest BCUT2D eigenvalue weighted by Crippen LogP contribution is -2.52. The van der Waals surface area contributed by atoms with E-state index >= 15 is 0 Å². The van der Waals surface area contributed by atoms with E-state index in [4.69, 9.17) is 5.73 Å². The minimum Gasteiger partial charge on any atom is -0.383 e. The van der Waals surface area contributed by atoms with E-state index in [0.717, 1.165) is 29.5 Å². The van der Waals surface area contributed by atoms with Crippen molar-refractivity contribution in [3.63, 3.8) is 0 Å². The van der Waals surface area contributed by atoms with Crippen LogP contribution in [0.2, 0.25) is 0 Å². The van der Waals surface area contributed by atoms with Crippen molar-refractivity contribution in [2.24, 2.45) is 0 Å². The van der Waals surface area contributed by atoms with Crippen molar-refractivity contribution in [2.75, 3.05) is 5.73 Å². The molecule has 30 heavy (non-hydrogen) atoms. The number of benzene rings is 1. The van der Waals surface area contributed by atoms with Gasteiger partial charge in [0, 0.05) is 24.1 Å². The number of rotatable bonds is 4. The number of amides is 3. The molecule has 2 aliphatic rings. The fourth-order valence-corrected chi connectivity index (χ4v) is 4.10. The van der Waals surface area contributed by atoms with Gasteiger partial charge in [-0.3, -0.25) is 19.7 Å². The summed E-state index contributed by atoms with van der Waals surface area (Å²) in [6.45, 7) is 2.32. The average molecular weight is 403 g/mol. The summed E-state index contributed by atoms with van der Waals surface area (Å²) in [7, 11) is 0. The summed E-state index contributed by atoms with van der Waals surface area (Å²) in [5.74, 6) is -0.765. The first-order valence-corrected chi connectivity index (χ1v) is 9.90. The Balaban J connectivity index is 1.66. The lowest BCUT2D eigenvalue weighted by Gasteiger charge is -2.29. The molecule has 1 unspecified atom stereocenters. The minimum absolute atomic E-state index is 0.195. The van der Waals surface area contributed by atoms with Crippen molar-refractivity contribution in [1.29, 1.82) is 5.26 Å². The molecule has 0 aliphatic carbocycles. The lowest BCUT2D eigenvalue weighted by atomic mass is 9.99. The standard InChI is InChI=1S/C22H21N5O3/c1-2-3-12-9-17(25-20(24)16(12)10-23)13-4-5-15-14(8-13)11-27(22(15)30)18-6-7-19(28)26-21(18)29/h4-5,8-9,18H,2-3,6-7,11H2,1H3,(H2,24,25)(H,26,28,29). The van der Waals surface area contributed by atoms with Crippen molar-refractivity contribution in [3.05, 3.63) is 46.5 Å². The lowest BCUT2D eigenvalue weighted by molar-refractivity contribution is -0.136. The Labute approximate surface area is 173 Å². The zero-order valence-corrected chi connectivity index (χ0v) is 16.6. The highest BCUT2D eigenvalue weighted by atomic mass is 16.2. The predicted molar refractivity (Wildman–Crippen MR) is 109 cm³/mol. The molecule has 0 saturated carbocycles. The summed E-state index contributed by atoms with van der Waals surface area (Å²) in [6.07, 6.45) is 2.13. The van der Waals surface area contributed by atoms with E-state index in [0.29, 0.717) is 29.8 Å². The second kappa shape index (κ2) is 7.59. The highest BCUT2D eigenvalue weighted by molar-refractivity contribution is 6.05. The molecule has 0 spiro atoms. The third-order valence-electron chi connectivity index (χ3n) is 5.58. The van der Waals surface area contributed by atoms with Crippen molar-refractivity contribution >= 4 is 23.5 Å². The van der Waals surface area contributed by atoms with Gasteiger partial charge in [0.2, 0.25) is 11.8 Å². The summed E-state index contributed by atoms with van der Waals surface area (Å²) >= 11 is 0. The van der Waals surface area contributed by atoms with E-state index in [-0.39, 0.29) is 24.1 Å². The van der Waals surface area contributed by atoms with Gasteiger partial charge in [-0.1, -0.05) is 19.4 Å². The number of imide groups is 1. The summed E-state index contributed by atoms with van der Waals surface area (Å²) in [5.41, 5.74) is 10.0. The van der Waals surface area contributed by atoms with Crippen LogP contribution in [0, 0.1) is 11.3 Å². The molecule has 152 valence electrons. The number of nitriles is 1. The molecule has 3 amide bonds. The van der Waals surface area contributed by atoms with Crippen LogP contribution in [0.15, 0.2) is 24.3 Å².